The van der Waals surface area contributed by atoms with Gasteiger partial charge >= 0.3 is 0 Å². The van der Waals surface area contributed by atoms with Crippen LogP contribution in [0.25, 0.3) is 0 Å². The van der Waals surface area contributed by atoms with Crippen molar-refractivity contribution in [3.05, 3.63) is 91.0 Å². The summed E-state index contributed by atoms with van der Waals surface area (Å²) in [6.07, 6.45) is 6.28. The van der Waals surface area contributed by atoms with Crippen LogP contribution >= 0.6 is 41.2 Å². The quantitative estimate of drug-likeness (QED) is 0.217. The highest BCUT2D eigenvalue weighted by Gasteiger charge is 2.44. The van der Waals surface area contributed by atoms with Crippen molar-refractivity contribution in [3.63, 3.8) is 0 Å². The smallest absolute Gasteiger partial charge is 0.112 e. The van der Waals surface area contributed by atoms with Gasteiger partial charge in [-0.2, -0.15) is 0 Å². The first-order chi connectivity index (χ1) is 13.9. The summed E-state index contributed by atoms with van der Waals surface area (Å²) in [7, 11) is -1.65. The summed E-state index contributed by atoms with van der Waals surface area (Å²) in [4.78, 5) is 0. The molecule has 0 spiro atoms. The molecule has 0 unspecified atom stereocenters. The van der Waals surface area contributed by atoms with E-state index >= 15 is 0 Å². The molecular formula is C26H35Br2NP+. The molecule has 0 radical (unpaired) electrons. The molecule has 1 nitrogen and oxygen atoms in total. The molecule has 3 rings (SSSR count). The number of hydrogen-bond donors (Lipinski definition) is 1. The average Bonchev–Trinajstić information content (AvgIpc) is 2.78. The van der Waals surface area contributed by atoms with Gasteiger partial charge in [0, 0.05) is 0 Å². The summed E-state index contributed by atoms with van der Waals surface area (Å²) >= 11 is 0. The average molecular weight is 552 g/mol. The molecular weight excluding hydrogens is 517 g/mol. The molecule has 0 aliphatic heterocycles. The summed E-state index contributed by atoms with van der Waals surface area (Å²) in [5.41, 5.74) is 0. The second kappa shape index (κ2) is 14.9. The van der Waals surface area contributed by atoms with Crippen LogP contribution in [0.4, 0.5) is 0 Å². The number of benzene rings is 3. The topological polar surface area (TPSA) is 12.0 Å². The fourth-order valence-corrected chi connectivity index (χ4v) is 8.29. The number of halogens is 2. The molecule has 3 aromatic carbocycles. The van der Waals surface area contributed by atoms with Gasteiger partial charge in [-0.25, -0.2) is 0 Å². The molecule has 0 fully saturated rings. The lowest BCUT2D eigenvalue weighted by molar-refractivity contribution is 0.612. The molecule has 0 aliphatic carbocycles. The van der Waals surface area contributed by atoms with Crippen molar-refractivity contribution < 1.29 is 0 Å². The molecule has 4 heteroatoms. The maximum atomic E-state index is 3.66. The van der Waals surface area contributed by atoms with Crippen LogP contribution in [-0.2, 0) is 0 Å². The Morgan fingerprint density at radius 3 is 1.37 bits per heavy atom. The summed E-state index contributed by atoms with van der Waals surface area (Å²) in [5.74, 6) is 0. The third-order valence-corrected chi connectivity index (χ3v) is 9.92. The minimum atomic E-state index is -1.65. The molecule has 0 heterocycles. The maximum Gasteiger partial charge on any atom is 0.112 e. The van der Waals surface area contributed by atoms with Gasteiger partial charge in [0.15, 0.2) is 0 Å². The summed E-state index contributed by atoms with van der Waals surface area (Å²) in [5, 5.41) is 8.12. The molecule has 0 atom stereocenters. The van der Waals surface area contributed by atoms with Crippen LogP contribution in [0.3, 0.4) is 0 Å². The summed E-state index contributed by atoms with van der Waals surface area (Å²) < 4.78 is 0. The SMILES string of the molecule is Br.Br.CCCCCNCCC[P+](c1ccccc1)(c1ccccc1)c1ccccc1. The van der Waals surface area contributed by atoms with Crippen LogP contribution in [0.2, 0.25) is 0 Å². The van der Waals surface area contributed by atoms with E-state index in [0.717, 1.165) is 13.1 Å². The maximum absolute atomic E-state index is 3.66. The largest absolute Gasteiger partial charge is 0.317 e. The predicted octanol–water partition coefficient (Wildman–Crippen LogP) is 6.31. The molecule has 3 aromatic rings. The van der Waals surface area contributed by atoms with Gasteiger partial charge in [0.1, 0.15) is 23.2 Å². The van der Waals surface area contributed by atoms with E-state index in [1.54, 1.807) is 0 Å². The Labute approximate surface area is 204 Å². The van der Waals surface area contributed by atoms with Crippen LogP contribution in [0, 0.1) is 0 Å². The predicted molar refractivity (Wildman–Crippen MR) is 148 cm³/mol. The van der Waals surface area contributed by atoms with Crippen molar-refractivity contribution in [2.75, 3.05) is 19.3 Å². The van der Waals surface area contributed by atoms with E-state index in [4.69, 9.17) is 0 Å². The van der Waals surface area contributed by atoms with Crippen molar-refractivity contribution >= 4 is 57.1 Å². The second-order valence-electron chi connectivity index (χ2n) is 7.35. The van der Waals surface area contributed by atoms with Crippen molar-refractivity contribution in [1.29, 1.82) is 0 Å². The zero-order chi connectivity index (χ0) is 19.5. The van der Waals surface area contributed by atoms with E-state index in [2.05, 4.69) is 103 Å². The number of hydrogen-bond acceptors (Lipinski definition) is 1. The third-order valence-electron chi connectivity index (χ3n) is 5.40. The Morgan fingerprint density at radius 2 is 0.967 bits per heavy atom. The van der Waals surface area contributed by atoms with Gasteiger partial charge in [0.25, 0.3) is 0 Å². The van der Waals surface area contributed by atoms with Crippen LogP contribution in [0.5, 0.6) is 0 Å². The fourth-order valence-electron chi connectivity index (χ4n) is 3.95. The number of unbranched alkanes of at least 4 members (excludes halogenated alkanes) is 2. The highest BCUT2D eigenvalue weighted by molar-refractivity contribution is 8.93. The zero-order valence-electron chi connectivity index (χ0n) is 17.9. The minimum Gasteiger partial charge on any atom is -0.317 e. The molecule has 0 bridgehead atoms. The lowest BCUT2D eigenvalue weighted by atomic mass is 10.2. The second-order valence-corrected chi connectivity index (χ2v) is 11.0. The first kappa shape index (κ1) is 27.0. The zero-order valence-corrected chi connectivity index (χ0v) is 22.2. The van der Waals surface area contributed by atoms with E-state index in [-0.39, 0.29) is 34.0 Å². The molecule has 1 N–H and O–H groups in total. The first-order valence-electron chi connectivity index (χ1n) is 10.6. The standard InChI is InChI=1S/C26H33NP.2BrH/c1-2-3-13-21-27-22-14-23-28(24-15-7-4-8-16-24,25-17-9-5-10-18-25)26-19-11-6-12-20-26;;/h4-12,15-20,27H,2-3,13-14,21-23H2,1H3;2*1H/q+1;;. The van der Waals surface area contributed by atoms with Crippen molar-refractivity contribution in [2.24, 2.45) is 0 Å². The molecule has 0 aliphatic rings. The van der Waals surface area contributed by atoms with Crippen molar-refractivity contribution in [2.45, 2.75) is 32.6 Å². The third kappa shape index (κ3) is 7.02. The molecule has 0 amide bonds. The van der Waals surface area contributed by atoms with E-state index < -0.39 is 7.26 Å². The normalized spacial score (nSPS) is 10.7. The molecule has 0 saturated heterocycles. The summed E-state index contributed by atoms with van der Waals surface area (Å²) in [6, 6.07) is 33.6. The van der Waals surface area contributed by atoms with Gasteiger partial charge in [-0.3, -0.25) is 0 Å². The monoisotopic (exact) mass is 550 g/mol. The first-order valence-corrected chi connectivity index (χ1v) is 12.6. The molecule has 0 saturated carbocycles. The van der Waals surface area contributed by atoms with E-state index in [1.165, 1.54) is 47.8 Å². The molecule has 0 aromatic heterocycles. The highest BCUT2D eigenvalue weighted by atomic mass is 79.9. The van der Waals surface area contributed by atoms with Crippen LogP contribution in [-0.4, -0.2) is 19.3 Å². The van der Waals surface area contributed by atoms with Gasteiger partial charge < -0.3 is 5.32 Å². The summed E-state index contributed by atoms with van der Waals surface area (Å²) in [6.45, 7) is 4.50. The van der Waals surface area contributed by atoms with Gasteiger partial charge in [-0.1, -0.05) is 74.4 Å². The Bertz CT molecular complexity index is 700. The number of nitrogens with one attached hydrogen (secondary N) is 1. The van der Waals surface area contributed by atoms with Gasteiger partial charge in [-0.05, 0) is 62.3 Å². The fraction of sp³-hybridized carbons (Fsp3) is 0.308. The molecule has 162 valence electrons. The van der Waals surface area contributed by atoms with E-state index in [1.807, 2.05) is 0 Å². The van der Waals surface area contributed by atoms with Crippen LogP contribution in [0.1, 0.15) is 32.6 Å². The Balaban J connectivity index is 0.00000225. The van der Waals surface area contributed by atoms with Crippen LogP contribution in [0.15, 0.2) is 91.0 Å². The Morgan fingerprint density at radius 1 is 0.567 bits per heavy atom. The van der Waals surface area contributed by atoms with Crippen molar-refractivity contribution in [1.82, 2.24) is 5.32 Å². The minimum absolute atomic E-state index is 0. The van der Waals surface area contributed by atoms with Gasteiger partial charge in [0.05, 0.1) is 6.16 Å². The Hall–Kier alpha value is -0.990. The van der Waals surface area contributed by atoms with Gasteiger partial charge in [0.2, 0.25) is 0 Å². The molecule has 30 heavy (non-hydrogen) atoms. The van der Waals surface area contributed by atoms with E-state index in [9.17, 15) is 0 Å². The van der Waals surface area contributed by atoms with Crippen LogP contribution < -0.4 is 21.2 Å². The van der Waals surface area contributed by atoms with E-state index in [0.29, 0.717) is 0 Å². The Kier molecular flexibility index (Phi) is 13.4. The lowest BCUT2D eigenvalue weighted by Gasteiger charge is -2.27. The van der Waals surface area contributed by atoms with Gasteiger partial charge in [-0.15, -0.1) is 34.0 Å². The number of rotatable bonds is 11. The lowest BCUT2D eigenvalue weighted by Crippen LogP contribution is -2.34. The highest BCUT2D eigenvalue weighted by Crippen LogP contribution is 2.55. The van der Waals surface area contributed by atoms with Crippen molar-refractivity contribution in [3.8, 4) is 0 Å².